The van der Waals surface area contributed by atoms with E-state index in [1.165, 1.54) is 24.1 Å². The van der Waals surface area contributed by atoms with Crippen molar-refractivity contribution < 1.29 is 29.3 Å². The number of amides is 1. The highest BCUT2D eigenvalue weighted by atomic mass is 35.5. The van der Waals surface area contributed by atoms with E-state index in [0.29, 0.717) is 41.5 Å². The maximum atomic E-state index is 13.1. The van der Waals surface area contributed by atoms with E-state index < -0.39 is 17.7 Å². The third-order valence-electron chi connectivity index (χ3n) is 5.57. The number of Topliss-reactive ketones (excluding diaryl/α,β-unsaturated/α-hetero) is 1. The average molecular weight is 474 g/mol. The third kappa shape index (κ3) is 4.93. The lowest BCUT2D eigenvalue weighted by molar-refractivity contribution is -0.139. The molecule has 1 saturated heterocycles. The Morgan fingerprint density at radius 3 is 2.52 bits per heavy atom. The van der Waals surface area contributed by atoms with E-state index >= 15 is 0 Å². The van der Waals surface area contributed by atoms with Crippen molar-refractivity contribution in [3.8, 4) is 17.2 Å². The quantitative estimate of drug-likeness (QED) is 0.228. The second-order valence-electron chi connectivity index (χ2n) is 7.71. The Balaban J connectivity index is 2.17. The van der Waals surface area contributed by atoms with Crippen molar-refractivity contribution in [3.05, 3.63) is 58.1 Å². The Morgan fingerprint density at radius 2 is 1.85 bits per heavy atom. The number of carbonyl (C=O) groups is 2. The van der Waals surface area contributed by atoms with Crippen LogP contribution in [0, 0.1) is 0 Å². The van der Waals surface area contributed by atoms with E-state index in [-0.39, 0.29) is 22.8 Å². The maximum Gasteiger partial charge on any atom is 0.295 e. The van der Waals surface area contributed by atoms with E-state index in [4.69, 9.17) is 21.1 Å². The third-order valence-corrected chi connectivity index (χ3v) is 5.88. The topological polar surface area (TPSA) is 96.3 Å². The summed E-state index contributed by atoms with van der Waals surface area (Å²) >= 11 is 6.10. The SMILES string of the molecule is CCCCCN1C(=O)C(=O)/C(=C(\O)c2ccc(Cl)c(OC)c2)C1c1ccc(O)c(OCC)c1. The largest absolute Gasteiger partial charge is 0.507 e. The molecule has 2 aromatic rings. The van der Waals surface area contributed by atoms with Gasteiger partial charge in [-0.2, -0.15) is 0 Å². The van der Waals surface area contributed by atoms with E-state index in [9.17, 15) is 19.8 Å². The van der Waals surface area contributed by atoms with Crippen LogP contribution in [0.4, 0.5) is 0 Å². The van der Waals surface area contributed by atoms with Gasteiger partial charge in [-0.25, -0.2) is 0 Å². The number of aliphatic hydroxyl groups is 1. The molecule has 0 radical (unpaired) electrons. The van der Waals surface area contributed by atoms with E-state index in [1.807, 2.05) is 6.92 Å². The van der Waals surface area contributed by atoms with Gasteiger partial charge in [0.05, 0.1) is 30.4 Å². The van der Waals surface area contributed by atoms with Gasteiger partial charge in [0.2, 0.25) is 0 Å². The number of ketones is 1. The van der Waals surface area contributed by atoms with Gasteiger partial charge in [-0.1, -0.05) is 37.4 Å². The summed E-state index contributed by atoms with van der Waals surface area (Å²) in [5.41, 5.74) is 0.819. The minimum Gasteiger partial charge on any atom is -0.507 e. The number of hydrogen-bond acceptors (Lipinski definition) is 6. The standard InChI is InChI=1S/C25H28ClNO6/c1-4-6-7-12-27-22(15-9-11-18(28)20(13-15)33-5-2)21(24(30)25(27)31)23(29)16-8-10-17(26)19(14-16)32-3/h8-11,13-14,22,28-29H,4-7,12H2,1-3H3/b23-21-. The molecule has 1 atom stereocenters. The van der Waals surface area contributed by atoms with Gasteiger partial charge in [0.15, 0.2) is 11.5 Å². The number of benzene rings is 2. The number of halogens is 1. The fourth-order valence-corrected chi connectivity index (χ4v) is 4.12. The smallest absolute Gasteiger partial charge is 0.295 e. The Bertz CT molecular complexity index is 1080. The molecule has 1 heterocycles. The zero-order chi connectivity index (χ0) is 24.1. The number of phenols is 1. The molecule has 2 aromatic carbocycles. The number of phenolic OH excluding ortho intramolecular Hbond substituents is 1. The normalized spacial score (nSPS) is 17.5. The van der Waals surface area contributed by atoms with Gasteiger partial charge in [-0.3, -0.25) is 9.59 Å². The predicted octanol–water partition coefficient (Wildman–Crippen LogP) is 5.06. The summed E-state index contributed by atoms with van der Waals surface area (Å²) in [6.07, 6.45) is 2.56. The minimum absolute atomic E-state index is 0.0333. The number of hydrogen-bond donors (Lipinski definition) is 2. The summed E-state index contributed by atoms with van der Waals surface area (Å²) in [5.74, 6) is -1.25. The summed E-state index contributed by atoms with van der Waals surface area (Å²) in [7, 11) is 1.45. The van der Waals surface area contributed by atoms with Crippen molar-refractivity contribution in [1.29, 1.82) is 0 Å². The molecule has 2 N–H and O–H groups in total. The minimum atomic E-state index is -0.830. The van der Waals surface area contributed by atoms with Crippen LogP contribution in [-0.4, -0.2) is 47.1 Å². The first-order valence-corrected chi connectivity index (χ1v) is 11.3. The molecule has 0 aromatic heterocycles. The summed E-state index contributed by atoms with van der Waals surface area (Å²) in [6.45, 7) is 4.53. The van der Waals surface area contributed by atoms with Gasteiger partial charge in [-0.05, 0) is 49.2 Å². The molecule has 0 aliphatic carbocycles. The number of methoxy groups -OCH3 is 1. The highest BCUT2D eigenvalue weighted by molar-refractivity contribution is 6.46. The molecule has 8 heteroatoms. The lowest BCUT2D eigenvalue weighted by atomic mass is 9.94. The highest BCUT2D eigenvalue weighted by Gasteiger charge is 2.46. The van der Waals surface area contributed by atoms with Crippen LogP contribution >= 0.6 is 11.6 Å². The van der Waals surface area contributed by atoms with E-state index in [0.717, 1.165) is 12.8 Å². The number of carbonyl (C=O) groups excluding carboxylic acids is 2. The molecular formula is C25H28ClNO6. The lowest BCUT2D eigenvalue weighted by Gasteiger charge is -2.26. The van der Waals surface area contributed by atoms with Gasteiger partial charge in [0.1, 0.15) is 11.5 Å². The summed E-state index contributed by atoms with van der Waals surface area (Å²) in [4.78, 5) is 27.6. The molecule has 0 spiro atoms. The number of likely N-dealkylation sites (tertiary alicyclic amines) is 1. The van der Waals surface area contributed by atoms with Crippen molar-refractivity contribution >= 4 is 29.1 Å². The second-order valence-corrected chi connectivity index (χ2v) is 8.12. The molecule has 1 aliphatic heterocycles. The summed E-state index contributed by atoms with van der Waals surface area (Å²) in [6, 6.07) is 8.47. The molecular weight excluding hydrogens is 446 g/mol. The molecule has 1 aliphatic rings. The van der Waals surface area contributed by atoms with Gasteiger partial charge in [-0.15, -0.1) is 0 Å². The number of unbranched alkanes of at least 4 members (excludes halogenated alkanes) is 2. The van der Waals surface area contributed by atoms with Crippen LogP contribution in [0.3, 0.4) is 0 Å². The highest BCUT2D eigenvalue weighted by Crippen LogP contribution is 2.42. The second kappa shape index (κ2) is 10.6. The zero-order valence-corrected chi connectivity index (χ0v) is 19.7. The first-order valence-electron chi connectivity index (χ1n) is 10.9. The average Bonchev–Trinajstić information content (AvgIpc) is 3.05. The van der Waals surface area contributed by atoms with Crippen LogP contribution < -0.4 is 9.47 Å². The van der Waals surface area contributed by atoms with Crippen molar-refractivity contribution in [3.63, 3.8) is 0 Å². The number of aliphatic hydroxyl groups excluding tert-OH is 1. The molecule has 176 valence electrons. The number of aromatic hydroxyl groups is 1. The van der Waals surface area contributed by atoms with Crippen molar-refractivity contribution in [2.75, 3.05) is 20.3 Å². The van der Waals surface area contributed by atoms with Crippen LogP contribution in [0.2, 0.25) is 5.02 Å². The maximum absolute atomic E-state index is 13.1. The van der Waals surface area contributed by atoms with E-state index in [2.05, 4.69) is 0 Å². The fourth-order valence-electron chi connectivity index (χ4n) is 3.92. The number of ether oxygens (including phenoxy) is 2. The summed E-state index contributed by atoms with van der Waals surface area (Å²) in [5, 5.41) is 21.6. The Hall–Kier alpha value is -3.19. The van der Waals surface area contributed by atoms with Gasteiger partial charge >= 0.3 is 0 Å². The fraction of sp³-hybridized carbons (Fsp3) is 0.360. The monoisotopic (exact) mass is 473 g/mol. The van der Waals surface area contributed by atoms with Crippen LogP contribution in [0.5, 0.6) is 17.2 Å². The molecule has 33 heavy (non-hydrogen) atoms. The molecule has 1 fully saturated rings. The number of rotatable bonds is 9. The molecule has 1 unspecified atom stereocenters. The van der Waals surface area contributed by atoms with Crippen molar-refractivity contribution in [2.45, 2.75) is 39.2 Å². The van der Waals surface area contributed by atoms with Gasteiger partial charge < -0.3 is 24.6 Å². The van der Waals surface area contributed by atoms with Gasteiger partial charge in [0.25, 0.3) is 11.7 Å². The van der Waals surface area contributed by atoms with Crippen molar-refractivity contribution in [1.82, 2.24) is 4.90 Å². The molecule has 3 rings (SSSR count). The first kappa shape index (κ1) is 24.5. The van der Waals surface area contributed by atoms with Crippen LogP contribution in [0.15, 0.2) is 42.0 Å². The van der Waals surface area contributed by atoms with Crippen molar-refractivity contribution in [2.24, 2.45) is 0 Å². The van der Waals surface area contributed by atoms with Crippen LogP contribution in [0.25, 0.3) is 5.76 Å². The lowest BCUT2D eigenvalue weighted by Crippen LogP contribution is -2.30. The van der Waals surface area contributed by atoms with Crippen LogP contribution in [0.1, 0.15) is 50.3 Å². The van der Waals surface area contributed by atoms with E-state index in [1.54, 1.807) is 31.2 Å². The Kier molecular flexibility index (Phi) is 7.87. The summed E-state index contributed by atoms with van der Waals surface area (Å²) < 4.78 is 10.7. The first-order chi connectivity index (χ1) is 15.8. The Morgan fingerprint density at radius 1 is 1.09 bits per heavy atom. The zero-order valence-electron chi connectivity index (χ0n) is 18.9. The molecule has 1 amide bonds. The molecule has 0 bridgehead atoms. The number of nitrogens with zero attached hydrogens (tertiary/aromatic N) is 1. The molecule has 7 nitrogen and oxygen atoms in total. The Labute approximate surface area is 198 Å². The molecule has 0 saturated carbocycles. The van der Waals surface area contributed by atoms with Crippen LogP contribution in [-0.2, 0) is 9.59 Å². The van der Waals surface area contributed by atoms with Gasteiger partial charge in [0, 0.05) is 12.1 Å². The predicted molar refractivity (Wildman–Crippen MR) is 126 cm³/mol.